The second-order valence-corrected chi connectivity index (χ2v) is 3.43. The monoisotopic (exact) mass is 237 g/mol. The van der Waals surface area contributed by atoms with Gasteiger partial charge in [-0.2, -0.15) is 0 Å². The third-order valence-electron chi connectivity index (χ3n) is 2.11. The molecule has 1 amide bonds. The minimum absolute atomic E-state index is 0.00992. The summed E-state index contributed by atoms with van der Waals surface area (Å²) in [6.07, 6.45) is 5.28. The van der Waals surface area contributed by atoms with E-state index in [9.17, 15) is 4.79 Å². The third kappa shape index (κ3) is 6.16. The maximum Gasteiger partial charge on any atom is 0.221 e. The van der Waals surface area contributed by atoms with Gasteiger partial charge in [0.25, 0.3) is 0 Å². The molecule has 0 fully saturated rings. The summed E-state index contributed by atoms with van der Waals surface area (Å²) in [6, 6.07) is 0. The van der Waals surface area contributed by atoms with Gasteiger partial charge >= 0.3 is 0 Å². The smallest absolute Gasteiger partial charge is 0.221 e. The van der Waals surface area contributed by atoms with Crippen molar-refractivity contribution in [1.82, 2.24) is 20.3 Å². The van der Waals surface area contributed by atoms with E-state index in [4.69, 9.17) is 5.53 Å². The minimum Gasteiger partial charge on any atom is -0.356 e. The van der Waals surface area contributed by atoms with Gasteiger partial charge in [0, 0.05) is 30.6 Å². The van der Waals surface area contributed by atoms with E-state index < -0.39 is 0 Å². The van der Waals surface area contributed by atoms with Gasteiger partial charge in [-0.15, -0.1) is 5.10 Å². The van der Waals surface area contributed by atoms with E-state index in [0.29, 0.717) is 26.1 Å². The molecule has 1 heterocycles. The molecule has 0 radical (unpaired) electrons. The number of amides is 1. The van der Waals surface area contributed by atoms with Crippen molar-refractivity contribution >= 4 is 5.91 Å². The van der Waals surface area contributed by atoms with Gasteiger partial charge in [-0.3, -0.25) is 9.48 Å². The fourth-order valence-corrected chi connectivity index (χ4v) is 1.24. The molecule has 0 saturated heterocycles. The number of azide groups is 1. The zero-order valence-electron chi connectivity index (χ0n) is 9.49. The SMILES string of the molecule is [N-]=[N+]=NCCCCNC(=O)CCn1ccnn1. The van der Waals surface area contributed by atoms with Crippen LogP contribution in [0.1, 0.15) is 19.3 Å². The Bertz CT molecular complexity index is 369. The van der Waals surface area contributed by atoms with E-state index in [1.807, 2.05) is 0 Å². The maximum atomic E-state index is 11.4. The maximum absolute atomic E-state index is 11.4. The van der Waals surface area contributed by atoms with Crippen LogP contribution >= 0.6 is 0 Å². The van der Waals surface area contributed by atoms with E-state index in [-0.39, 0.29) is 5.91 Å². The number of nitrogens with zero attached hydrogens (tertiary/aromatic N) is 6. The highest BCUT2D eigenvalue weighted by Crippen LogP contribution is 1.90. The van der Waals surface area contributed by atoms with Crippen molar-refractivity contribution in [2.45, 2.75) is 25.8 Å². The third-order valence-corrected chi connectivity index (χ3v) is 2.11. The molecule has 0 aliphatic heterocycles. The van der Waals surface area contributed by atoms with Crippen LogP contribution in [0.4, 0.5) is 0 Å². The van der Waals surface area contributed by atoms with E-state index in [0.717, 1.165) is 12.8 Å². The van der Waals surface area contributed by atoms with Crippen LogP contribution in [0.25, 0.3) is 10.4 Å². The highest BCUT2D eigenvalue weighted by Gasteiger charge is 2.01. The van der Waals surface area contributed by atoms with Crippen LogP contribution in [0.3, 0.4) is 0 Å². The van der Waals surface area contributed by atoms with Crippen molar-refractivity contribution < 1.29 is 4.79 Å². The average Bonchev–Trinajstić information content (AvgIpc) is 2.84. The van der Waals surface area contributed by atoms with Crippen LogP contribution < -0.4 is 5.32 Å². The lowest BCUT2D eigenvalue weighted by molar-refractivity contribution is -0.121. The molecule has 8 heteroatoms. The predicted octanol–water partition coefficient (Wildman–Crippen LogP) is 0.875. The molecule has 1 aromatic rings. The summed E-state index contributed by atoms with van der Waals surface area (Å²) in [6.45, 7) is 1.62. The van der Waals surface area contributed by atoms with Gasteiger partial charge in [0.1, 0.15) is 0 Å². The Morgan fingerprint density at radius 3 is 3.12 bits per heavy atom. The van der Waals surface area contributed by atoms with Gasteiger partial charge in [-0.25, -0.2) is 0 Å². The molecule has 0 spiro atoms. The van der Waals surface area contributed by atoms with Crippen LogP contribution in [0.15, 0.2) is 17.5 Å². The van der Waals surface area contributed by atoms with E-state index >= 15 is 0 Å². The van der Waals surface area contributed by atoms with Crippen molar-refractivity contribution in [3.8, 4) is 0 Å². The molecule has 17 heavy (non-hydrogen) atoms. The molecule has 1 N–H and O–H groups in total. The summed E-state index contributed by atoms with van der Waals surface area (Å²) in [5, 5.41) is 13.6. The second kappa shape index (κ2) is 8.12. The molecule has 8 nitrogen and oxygen atoms in total. The quantitative estimate of drug-likeness (QED) is 0.313. The van der Waals surface area contributed by atoms with Gasteiger partial charge in [0.2, 0.25) is 5.91 Å². The number of nitrogens with one attached hydrogen (secondary N) is 1. The summed E-state index contributed by atoms with van der Waals surface area (Å²) in [4.78, 5) is 14.0. The van der Waals surface area contributed by atoms with Crippen molar-refractivity contribution in [3.63, 3.8) is 0 Å². The first-order valence-electron chi connectivity index (χ1n) is 5.44. The summed E-state index contributed by atoms with van der Waals surface area (Å²) >= 11 is 0. The van der Waals surface area contributed by atoms with Crippen LogP contribution in [-0.2, 0) is 11.3 Å². The average molecular weight is 237 g/mol. The topological polar surface area (TPSA) is 109 Å². The summed E-state index contributed by atoms with van der Waals surface area (Å²) in [5.74, 6) is -0.00992. The Morgan fingerprint density at radius 1 is 1.53 bits per heavy atom. The van der Waals surface area contributed by atoms with Crippen molar-refractivity contribution in [1.29, 1.82) is 0 Å². The molecule has 0 atom stereocenters. The lowest BCUT2D eigenvalue weighted by Crippen LogP contribution is -2.25. The molecule has 0 saturated carbocycles. The molecule has 0 bridgehead atoms. The highest BCUT2D eigenvalue weighted by molar-refractivity contribution is 5.75. The second-order valence-electron chi connectivity index (χ2n) is 3.43. The number of carbonyl (C=O) groups is 1. The van der Waals surface area contributed by atoms with Gasteiger partial charge in [-0.05, 0) is 18.4 Å². The molecular weight excluding hydrogens is 222 g/mol. The lowest BCUT2D eigenvalue weighted by Gasteiger charge is -2.04. The fourth-order valence-electron chi connectivity index (χ4n) is 1.24. The predicted molar refractivity (Wildman–Crippen MR) is 60.9 cm³/mol. The van der Waals surface area contributed by atoms with E-state index in [1.165, 1.54) is 0 Å². The van der Waals surface area contributed by atoms with Gasteiger partial charge in [-0.1, -0.05) is 10.3 Å². The molecule has 0 aliphatic carbocycles. The van der Waals surface area contributed by atoms with Crippen molar-refractivity contribution in [2.75, 3.05) is 13.1 Å². The standard InChI is InChI=1S/C9H15N7O/c10-14-12-5-2-1-4-11-9(17)3-7-16-8-6-13-15-16/h6,8H,1-5,7H2,(H,11,17). The summed E-state index contributed by atoms with van der Waals surface area (Å²) in [7, 11) is 0. The number of hydrogen-bond donors (Lipinski definition) is 1. The first-order valence-corrected chi connectivity index (χ1v) is 5.44. The van der Waals surface area contributed by atoms with Gasteiger partial charge < -0.3 is 5.32 Å². The van der Waals surface area contributed by atoms with Crippen LogP contribution in [0.2, 0.25) is 0 Å². The molecule has 1 aromatic heterocycles. The first kappa shape index (κ1) is 13.0. The number of unbranched alkanes of at least 4 members (excludes halogenated alkanes) is 1. The van der Waals surface area contributed by atoms with Gasteiger partial charge in [0.05, 0.1) is 12.7 Å². The minimum atomic E-state index is -0.00992. The Balaban J connectivity index is 1.99. The Morgan fingerprint density at radius 2 is 2.41 bits per heavy atom. The van der Waals surface area contributed by atoms with Gasteiger partial charge in [0.15, 0.2) is 0 Å². The van der Waals surface area contributed by atoms with Crippen LogP contribution in [0, 0.1) is 0 Å². The zero-order chi connectivity index (χ0) is 12.3. The van der Waals surface area contributed by atoms with Crippen molar-refractivity contribution in [3.05, 3.63) is 22.8 Å². The number of hydrogen-bond acceptors (Lipinski definition) is 4. The number of carbonyl (C=O) groups excluding carboxylic acids is 1. The lowest BCUT2D eigenvalue weighted by atomic mass is 10.3. The molecule has 0 aromatic carbocycles. The summed E-state index contributed by atoms with van der Waals surface area (Å²) < 4.78 is 1.61. The van der Waals surface area contributed by atoms with Crippen LogP contribution in [-0.4, -0.2) is 34.0 Å². The molecule has 0 unspecified atom stereocenters. The molecule has 0 aliphatic rings. The van der Waals surface area contributed by atoms with E-state index in [2.05, 4.69) is 25.7 Å². The zero-order valence-corrected chi connectivity index (χ0v) is 9.49. The molecule has 1 rings (SSSR count). The fraction of sp³-hybridized carbons (Fsp3) is 0.667. The molecule has 92 valence electrons. The van der Waals surface area contributed by atoms with Crippen molar-refractivity contribution in [2.24, 2.45) is 5.11 Å². The summed E-state index contributed by atoms with van der Waals surface area (Å²) in [5.41, 5.74) is 8.05. The van der Waals surface area contributed by atoms with E-state index in [1.54, 1.807) is 17.1 Å². The largest absolute Gasteiger partial charge is 0.356 e. The molecular formula is C9H15N7O. The number of rotatable bonds is 8. The van der Waals surface area contributed by atoms with Crippen LogP contribution in [0.5, 0.6) is 0 Å². The Hall–Kier alpha value is -2.08. The highest BCUT2D eigenvalue weighted by atomic mass is 16.1. The number of aryl methyl sites for hydroxylation is 1. The Labute approximate surface area is 98.6 Å². The first-order chi connectivity index (χ1) is 8.33. The Kier molecular flexibility index (Phi) is 6.20. The number of aromatic nitrogens is 3. The normalized spacial score (nSPS) is 9.65.